The number of likely N-dealkylation sites (N-methyl/N-ethyl adjacent to an activating group) is 1. The van der Waals surface area contributed by atoms with Crippen LogP contribution in [0.3, 0.4) is 0 Å². The van der Waals surface area contributed by atoms with Crippen molar-refractivity contribution in [3.05, 3.63) is 12.2 Å². The van der Waals surface area contributed by atoms with Crippen molar-refractivity contribution in [1.82, 2.24) is 4.90 Å². The van der Waals surface area contributed by atoms with Gasteiger partial charge in [-0.05, 0) is 72.5 Å². The third-order valence-corrected chi connectivity index (χ3v) is 11.1. The minimum atomic E-state index is -1.52. The fourth-order valence-corrected chi connectivity index (χ4v) is 8.30. The third-order valence-electron chi connectivity index (χ3n) is 11.1. The van der Waals surface area contributed by atoms with Gasteiger partial charge in [-0.15, -0.1) is 0 Å². The Morgan fingerprint density at radius 1 is 1.00 bits per heavy atom. The van der Waals surface area contributed by atoms with Crippen molar-refractivity contribution in [3.8, 4) is 0 Å². The van der Waals surface area contributed by atoms with Crippen LogP contribution in [0.5, 0.6) is 0 Å². The molecule has 3 heterocycles. The predicted molar refractivity (Wildman–Crippen MR) is 210 cm³/mol. The molecule has 3 rings (SSSR count). The molecule has 0 saturated carbocycles. The molecule has 338 valence electrons. The van der Waals surface area contributed by atoms with Gasteiger partial charge >= 0.3 is 17.9 Å². The quantitative estimate of drug-likeness (QED) is 0.146. The highest BCUT2D eigenvalue weighted by Gasteiger charge is 2.53. The lowest BCUT2D eigenvalue weighted by Gasteiger charge is -2.50. The zero-order valence-electron chi connectivity index (χ0n) is 36.5. The Labute approximate surface area is 348 Å². The van der Waals surface area contributed by atoms with Crippen molar-refractivity contribution in [2.24, 2.45) is 17.8 Å². The van der Waals surface area contributed by atoms with Gasteiger partial charge in [0.15, 0.2) is 24.5 Å². The molecule has 0 spiro atoms. The van der Waals surface area contributed by atoms with Crippen molar-refractivity contribution in [1.29, 1.82) is 0 Å². The van der Waals surface area contributed by atoms with Crippen LogP contribution < -0.4 is 0 Å². The molecule has 3 aliphatic rings. The largest absolute Gasteiger partial charge is 0.462 e. The van der Waals surface area contributed by atoms with Gasteiger partial charge in [0.1, 0.15) is 42.4 Å². The van der Waals surface area contributed by atoms with Gasteiger partial charge < -0.3 is 62.9 Å². The van der Waals surface area contributed by atoms with E-state index in [1.165, 1.54) is 13.2 Å². The molecule has 0 aromatic heterocycles. The highest BCUT2D eigenvalue weighted by atomic mass is 16.7. The fraction of sp³-hybridized carbons (Fsp3) is 0.833. The minimum Gasteiger partial charge on any atom is -0.462 e. The highest BCUT2D eigenvalue weighted by molar-refractivity contribution is 5.91. The van der Waals surface area contributed by atoms with E-state index in [1.807, 2.05) is 13.8 Å². The van der Waals surface area contributed by atoms with Gasteiger partial charge in [0.25, 0.3) is 0 Å². The van der Waals surface area contributed by atoms with Gasteiger partial charge in [-0.2, -0.15) is 0 Å². The molecule has 0 aromatic carbocycles. The first-order valence-corrected chi connectivity index (χ1v) is 20.7. The highest BCUT2D eigenvalue weighted by Crippen LogP contribution is 2.37. The zero-order valence-corrected chi connectivity index (χ0v) is 36.5. The number of allylic oxidation sites excluding steroid dienone is 1. The Hall–Kier alpha value is -2.87. The summed E-state index contributed by atoms with van der Waals surface area (Å²) in [6.07, 6.45) is -9.20. The van der Waals surface area contributed by atoms with Crippen LogP contribution in [-0.4, -0.2) is 157 Å². The average molecular weight is 844 g/mol. The molecule has 59 heavy (non-hydrogen) atoms. The lowest BCUT2D eigenvalue weighted by atomic mass is 9.83. The van der Waals surface area contributed by atoms with Gasteiger partial charge in [-0.3, -0.25) is 19.2 Å². The summed E-state index contributed by atoms with van der Waals surface area (Å²) in [5.41, 5.74) is -1.52. The molecule has 3 N–H and O–H groups in total. The van der Waals surface area contributed by atoms with Crippen LogP contribution >= 0.6 is 0 Å². The van der Waals surface area contributed by atoms with Gasteiger partial charge in [-0.25, -0.2) is 0 Å². The average Bonchev–Trinajstić information content (AvgIpc) is 3.10. The minimum absolute atomic E-state index is 0.0627. The Balaban J connectivity index is 1.98. The molecule has 0 aromatic rings. The summed E-state index contributed by atoms with van der Waals surface area (Å²) >= 11 is 0. The fourth-order valence-electron chi connectivity index (χ4n) is 8.30. The number of esters is 3. The first-order chi connectivity index (χ1) is 27.6. The van der Waals surface area contributed by atoms with E-state index in [0.717, 1.165) is 6.92 Å². The Bertz CT molecular complexity index is 1420. The number of ether oxygens (including phenoxy) is 8. The van der Waals surface area contributed by atoms with Gasteiger partial charge in [0, 0.05) is 45.6 Å². The van der Waals surface area contributed by atoms with Gasteiger partial charge in [0.2, 0.25) is 0 Å². The SMILES string of the molecule is CO[C@@H]1[C@@H](O[C@@H]2O[C@H](C)[C@H](O[C@H]3C[C@@](C)(O)[C@@H](OC(=O)CC(C)C)[C@H](C)O3)[C@H](N(C)C)[C@H]2O)[C@@H](CC=O)C[C@@H](C)C(=O)/C=C/CC(O)C[C@@H](C)OC(=O)C[C@H]1OC(C)=O. The molecule has 16 atom stereocenters. The molecule has 1 unspecified atom stereocenters. The molecular weight excluding hydrogens is 774 g/mol. The number of hydrogen-bond acceptors (Lipinski definition) is 17. The molecule has 2 fully saturated rings. The molecule has 0 amide bonds. The zero-order chi connectivity index (χ0) is 44.4. The number of methoxy groups -OCH3 is 1. The number of aliphatic hydroxyl groups is 3. The maximum absolute atomic E-state index is 13.3. The molecule has 2 saturated heterocycles. The number of carbonyl (C=O) groups excluding carboxylic acids is 5. The van der Waals surface area contributed by atoms with E-state index >= 15 is 0 Å². The second kappa shape index (κ2) is 22.8. The maximum atomic E-state index is 13.3. The molecule has 0 radical (unpaired) electrons. The first-order valence-electron chi connectivity index (χ1n) is 20.7. The summed E-state index contributed by atoms with van der Waals surface area (Å²) in [6.45, 7) is 13.2. The van der Waals surface area contributed by atoms with Crippen LogP contribution in [-0.2, 0) is 61.9 Å². The van der Waals surface area contributed by atoms with Crippen molar-refractivity contribution in [2.75, 3.05) is 21.2 Å². The summed E-state index contributed by atoms with van der Waals surface area (Å²) in [5, 5.41) is 34.0. The Morgan fingerprint density at radius 3 is 2.25 bits per heavy atom. The van der Waals surface area contributed by atoms with Crippen LogP contribution in [0.25, 0.3) is 0 Å². The molecule has 17 heteroatoms. The first kappa shape index (κ1) is 50.5. The smallest absolute Gasteiger partial charge is 0.309 e. The van der Waals surface area contributed by atoms with Crippen molar-refractivity contribution in [3.63, 3.8) is 0 Å². The van der Waals surface area contributed by atoms with E-state index in [1.54, 1.807) is 59.7 Å². The standard InChI is InChI=1S/C42H69NO16/c1-22(2)17-32(48)57-40-26(6)54-34(21-42(40,8)51)58-37-25(5)55-41(36(50)35(37)43(9)10)59-38-28(15-16-44)18-23(3)30(47)14-12-13-29(46)19-24(4)53-33(49)20-31(39(38)52-11)56-27(7)45/h12,14,16,22-26,28-29,31,34-41,46,50-51H,13,15,17-21H2,1-11H3/b14-12+/t23-,24-,25-,26+,28+,29?,31-,34+,35-,36-,37+,38+,39+,40+,41+,42-/m1/s1. The molecule has 17 nitrogen and oxygen atoms in total. The van der Waals surface area contributed by atoms with E-state index in [0.29, 0.717) is 6.29 Å². The van der Waals surface area contributed by atoms with E-state index in [9.17, 15) is 39.3 Å². The monoisotopic (exact) mass is 843 g/mol. The van der Waals surface area contributed by atoms with Crippen molar-refractivity contribution in [2.45, 2.75) is 186 Å². The lowest BCUT2D eigenvalue weighted by molar-refractivity contribution is -0.344. The number of carbonyl (C=O) groups is 5. The van der Waals surface area contributed by atoms with E-state index in [-0.39, 0.29) is 50.2 Å². The number of ketones is 1. The number of cyclic esters (lactones) is 1. The number of aliphatic hydroxyl groups excluding tert-OH is 2. The predicted octanol–water partition coefficient (Wildman–Crippen LogP) is 2.42. The lowest BCUT2D eigenvalue weighted by Crippen LogP contribution is -2.66. The van der Waals surface area contributed by atoms with E-state index in [4.69, 9.17) is 37.9 Å². The van der Waals surface area contributed by atoms with Crippen LogP contribution in [0.15, 0.2) is 12.2 Å². The summed E-state index contributed by atoms with van der Waals surface area (Å²) < 4.78 is 48.3. The van der Waals surface area contributed by atoms with Crippen LogP contribution in [0.4, 0.5) is 0 Å². The Morgan fingerprint density at radius 2 is 1.68 bits per heavy atom. The molecule has 0 bridgehead atoms. The second-order valence-electron chi connectivity index (χ2n) is 17.3. The molecule has 0 aliphatic carbocycles. The second-order valence-corrected chi connectivity index (χ2v) is 17.3. The number of rotatable bonds is 12. The maximum Gasteiger partial charge on any atom is 0.309 e. The number of hydrogen-bond donors (Lipinski definition) is 3. The molecular formula is C42H69NO16. The summed E-state index contributed by atoms with van der Waals surface area (Å²) in [7, 11) is 4.78. The normalized spacial score (nSPS) is 40.0. The molecule has 3 aliphatic heterocycles. The summed E-state index contributed by atoms with van der Waals surface area (Å²) in [6, 6.07) is -0.812. The number of aldehydes is 1. The van der Waals surface area contributed by atoms with Crippen molar-refractivity contribution >= 4 is 30.0 Å². The third kappa shape index (κ3) is 14.6. The summed E-state index contributed by atoms with van der Waals surface area (Å²) in [4.78, 5) is 65.6. The van der Waals surface area contributed by atoms with Gasteiger partial charge in [-0.1, -0.05) is 26.8 Å². The summed E-state index contributed by atoms with van der Waals surface area (Å²) in [5.74, 6) is -3.59. The van der Waals surface area contributed by atoms with E-state index in [2.05, 4.69) is 0 Å². The van der Waals surface area contributed by atoms with Crippen molar-refractivity contribution < 1.29 is 77.2 Å². The van der Waals surface area contributed by atoms with Gasteiger partial charge in [0.05, 0.1) is 36.9 Å². The van der Waals surface area contributed by atoms with E-state index < -0.39 is 121 Å². The topological polar surface area (TPSA) is 223 Å². The van der Waals surface area contributed by atoms with Crippen LogP contribution in [0.2, 0.25) is 0 Å². The Kier molecular flexibility index (Phi) is 19.5. The number of nitrogens with zero attached hydrogens (tertiary/aromatic N) is 1. The van der Waals surface area contributed by atoms with Crippen LogP contribution in [0, 0.1) is 17.8 Å². The van der Waals surface area contributed by atoms with Crippen LogP contribution in [0.1, 0.15) is 100 Å².